The van der Waals surface area contributed by atoms with Crippen LogP contribution in [0.3, 0.4) is 0 Å². The Hall–Kier alpha value is -0.570. The van der Waals surface area contributed by atoms with Crippen LogP contribution < -0.4 is 5.32 Å². The summed E-state index contributed by atoms with van der Waals surface area (Å²) in [4.78, 5) is 11.2. The summed E-state index contributed by atoms with van der Waals surface area (Å²) < 4.78 is 0. The smallest absolute Gasteiger partial charge is 0.323 e. The van der Waals surface area contributed by atoms with E-state index in [1.54, 1.807) is 6.92 Å². The largest absolute Gasteiger partial charge is 0.480 e. The molecule has 0 rings (SSSR count). The topological polar surface area (TPSA) is 49.3 Å². The zero-order chi connectivity index (χ0) is 13.2. The van der Waals surface area contributed by atoms with Gasteiger partial charge in [0, 0.05) is 5.54 Å². The second kappa shape index (κ2) is 4.74. The first-order valence-electron chi connectivity index (χ1n) is 5.95. The molecule has 0 aromatic rings. The first-order valence-corrected chi connectivity index (χ1v) is 5.95. The lowest BCUT2D eigenvalue weighted by atomic mass is 9.80. The fraction of sp³-hybridized carbons (Fsp3) is 0.923. The molecule has 16 heavy (non-hydrogen) atoms. The van der Waals surface area contributed by atoms with Crippen molar-refractivity contribution in [2.45, 2.75) is 72.4 Å². The van der Waals surface area contributed by atoms with Crippen molar-refractivity contribution in [2.24, 2.45) is 5.41 Å². The van der Waals surface area contributed by atoms with Crippen molar-refractivity contribution in [3.8, 4) is 0 Å². The maximum absolute atomic E-state index is 11.2. The van der Waals surface area contributed by atoms with Gasteiger partial charge in [-0.1, -0.05) is 27.7 Å². The van der Waals surface area contributed by atoms with E-state index in [9.17, 15) is 9.90 Å². The first-order chi connectivity index (χ1) is 6.92. The van der Waals surface area contributed by atoms with Crippen LogP contribution in [0, 0.1) is 5.41 Å². The highest BCUT2D eigenvalue weighted by molar-refractivity contribution is 5.78. The molecule has 0 bridgehead atoms. The number of carboxylic acid groups (broad SMARTS) is 1. The highest BCUT2D eigenvalue weighted by Gasteiger charge is 2.37. The normalized spacial score (nSPS) is 16.9. The zero-order valence-electron chi connectivity index (χ0n) is 11.8. The summed E-state index contributed by atoms with van der Waals surface area (Å²) >= 11 is 0. The van der Waals surface area contributed by atoms with Gasteiger partial charge in [0.25, 0.3) is 0 Å². The predicted octanol–water partition coefficient (Wildman–Crippen LogP) is 3.04. The van der Waals surface area contributed by atoms with Gasteiger partial charge in [-0.3, -0.25) is 10.1 Å². The van der Waals surface area contributed by atoms with Crippen LogP contribution in [0.15, 0.2) is 0 Å². The number of nitrogens with one attached hydrogen (secondary N) is 1. The van der Waals surface area contributed by atoms with Crippen molar-refractivity contribution in [1.82, 2.24) is 5.32 Å². The molecule has 0 aromatic carbocycles. The molecule has 0 saturated carbocycles. The van der Waals surface area contributed by atoms with Gasteiger partial charge in [0.05, 0.1) is 0 Å². The third-order valence-corrected chi connectivity index (χ3v) is 2.77. The number of carboxylic acids is 1. The predicted molar refractivity (Wildman–Crippen MR) is 67.6 cm³/mol. The molecule has 0 heterocycles. The van der Waals surface area contributed by atoms with Gasteiger partial charge in [0.2, 0.25) is 0 Å². The number of hydrogen-bond donors (Lipinski definition) is 2. The molecule has 0 aliphatic rings. The monoisotopic (exact) mass is 229 g/mol. The summed E-state index contributed by atoms with van der Waals surface area (Å²) in [5.41, 5.74) is -0.834. The fourth-order valence-electron chi connectivity index (χ4n) is 2.41. The summed E-state index contributed by atoms with van der Waals surface area (Å²) in [5.74, 6) is -0.781. The van der Waals surface area contributed by atoms with E-state index in [0.717, 1.165) is 6.42 Å². The van der Waals surface area contributed by atoms with Crippen LogP contribution in [-0.4, -0.2) is 22.2 Å². The van der Waals surface area contributed by atoms with E-state index in [1.165, 1.54) is 0 Å². The maximum Gasteiger partial charge on any atom is 0.323 e. The summed E-state index contributed by atoms with van der Waals surface area (Å²) in [7, 11) is 0. The quantitative estimate of drug-likeness (QED) is 0.762. The lowest BCUT2D eigenvalue weighted by Gasteiger charge is -2.39. The summed E-state index contributed by atoms with van der Waals surface area (Å²) in [6.07, 6.45) is 1.51. The molecule has 0 aromatic heterocycles. The lowest BCUT2D eigenvalue weighted by molar-refractivity contribution is -0.145. The van der Waals surface area contributed by atoms with Crippen LogP contribution >= 0.6 is 0 Å². The molecule has 0 aliphatic carbocycles. The van der Waals surface area contributed by atoms with E-state index in [4.69, 9.17) is 0 Å². The van der Waals surface area contributed by atoms with E-state index in [0.29, 0.717) is 6.42 Å². The average molecular weight is 229 g/mol. The van der Waals surface area contributed by atoms with Crippen LogP contribution in [0.1, 0.15) is 61.3 Å². The molecule has 0 radical (unpaired) electrons. The molecule has 0 spiro atoms. The van der Waals surface area contributed by atoms with Gasteiger partial charge in [0.1, 0.15) is 5.54 Å². The molecule has 2 N–H and O–H groups in total. The molecule has 0 saturated heterocycles. The van der Waals surface area contributed by atoms with Crippen molar-refractivity contribution in [3.63, 3.8) is 0 Å². The minimum Gasteiger partial charge on any atom is -0.480 e. The third kappa shape index (κ3) is 4.97. The van der Waals surface area contributed by atoms with E-state index in [1.807, 2.05) is 6.92 Å². The molecule has 3 heteroatoms. The minimum absolute atomic E-state index is 0.179. The number of hydrogen-bond acceptors (Lipinski definition) is 2. The van der Waals surface area contributed by atoms with Gasteiger partial charge in [-0.25, -0.2) is 0 Å². The van der Waals surface area contributed by atoms with Crippen molar-refractivity contribution >= 4 is 5.97 Å². The van der Waals surface area contributed by atoms with Crippen LogP contribution in [0.25, 0.3) is 0 Å². The maximum atomic E-state index is 11.2. The summed E-state index contributed by atoms with van der Waals surface area (Å²) in [6, 6.07) is 0. The highest BCUT2D eigenvalue weighted by Crippen LogP contribution is 2.29. The molecule has 1 atom stereocenters. The van der Waals surface area contributed by atoms with Gasteiger partial charge in [-0.15, -0.1) is 0 Å². The Bertz CT molecular complexity index is 253. The highest BCUT2D eigenvalue weighted by atomic mass is 16.4. The van der Waals surface area contributed by atoms with E-state index in [-0.39, 0.29) is 11.0 Å². The molecular formula is C13H27NO2. The van der Waals surface area contributed by atoms with Gasteiger partial charge in [-0.05, 0) is 39.0 Å². The van der Waals surface area contributed by atoms with Crippen molar-refractivity contribution in [3.05, 3.63) is 0 Å². The molecule has 0 fully saturated rings. The molecule has 0 aliphatic heterocycles. The van der Waals surface area contributed by atoms with Crippen molar-refractivity contribution in [1.29, 1.82) is 0 Å². The molecule has 1 unspecified atom stereocenters. The number of rotatable bonds is 5. The number of carbonyl (C=O) groups is 1. The molecule has 0 amide bonds. The minimum atomic E-state index is -0.839. The van der Waals surface area contributed by atoms with Crippen LogP contribution in [-0.2, 0) is 4.79 Å². The Kier molecular flexibility index (Phi) is 4.57. The molecule has 96 valence electrons. The van der Waals surface area contributed by atoms with Gasteiger partial charge in [0.15, 0.2) is 0 Å². The van der Waals surface area contributed by atoms with Crippen molar-refractivity contribution in [2.75, 3.05) is 0 Å². The van der Waals surface area contributed by atoms with Crippen LogP contribution in [0.5, 0.6) is 0 Å². The van der Waals surface area contributed by atoms with Crippen molar-refractivity contribution < 1.29 is 9.90 Å². The van der Waals surface area contributed by atoms with Gasteiger partial charge in [-0.2, -0.15) is 0 Å². The second-order valence-corrected chi connectivity index (χ2v) is 6.74. The summed E-state index contributed by atoms with van der Waals surface area (Å²) in [5, 5.41) is 12.5. The standard InChI is InChI=1S/C13H27NO2/c1-8-13(7,10(15)16)14-12(5,6)9-11(2,3)4/h14H,8-9H2,1-7H3,(H,15,16). The first kappa shape index (κ1) is 15.4. The van der Waals surface area contributed by atoms with E-state index < -0.39 is 11.5 Å². The van der Waals surface area contributed by atoms with Crippen LogP contribution in [0.4, 0.5) is 0 Å². The molecule has 3 nitrogen and oxygen atoms in total. The average Bonchev–Trinajstić information content (AvgIpc) is 1.97. The molecular weight excluding hydrogens is 202 g/mol. The Balaban J connectivity index is 4.74. The lowest BCUT2D eigenvalue weighted by Crippen LogP contribution is -2.58. The SMILES string of the molecule is CCC(C)(NC(C)(C)CC(C)(C)C)C(=O)O. The Morgan fingerprint density at radius 2 is 1.56 bits per heavy atom. The summed E-state index contributed by atoms with van der Waals surface area (Å²) in [6.45, 7) is 14.3. The van der Waals surface area contributed by atoms with Gasteiger partial charge < -0.3 is 5.11 Å². The van der Waals surface area contributed by atoms with E-state index in [2.05, 4.69) is 39.9 Å². The fourth-order valence-corrected chi connectivity index (χ4v) is 2.41. The Morgan fingerprint density at radius 1 is 1.12 bits per heavy atom. The second-order valence-electron chi connectivity index (χ2n) is 6.74. The zero-order valence-corrected chi connectivity index (χ0v) is 11.8. The third-order valence-electron chi connectivity index (χ3n) is 2.77. The van der Waals surface area contributed by atoms with E-state index >= 15 is 0 Å². The number of aliphatic carboxylic acids is 1. The van der Waals surface area contributed by atoms with Gasteiger partial charge >= 0.3 is 5.97 Å². The Morgan fingerprint density at radius 3 is 1.81 bits per heavy atom. The Labute approximate surface area is 99.6 Å². The van der Waals surface area contributed by atoms with Crippen LogP contribution in [0.2, 0.25) is 0 Å².